The molecule has 2 heterocycles. The van der Waals surface area contributed by atoms with Crippen LogP contribution in [0.25, 0.3) is 0 Å². The third-order valence-electron chi connectivity index (χ3n) is 4.18. The summed E-state index contributed by atoms with van der Waals surface area (Å²) in [6.45, 7) is 1.29. The van der Waals surface area contributed by atoms with Gasteiger partial charge in [-0.05, 0) is 25.1 Å². The predicted molar refractivity (Wildman–Crippen MR) is 95.0 cm³/mol. The Balaban J connectivity index is 1.67. The maximum Gasteiger partial charge on any atom is 0.227 e. The topological polar surface area (TPSA) is 137 Å². The first-order valence-corrected chi connectivity index (χ1v) is 8.56. The van der Waals surface area contributed by atoms with Gasteiger partial charge in [-0.15, -0.1) is 0 Å². The molecule has 0 aliphatic carbocycles. The summed E-state index contributed by atoms with van der Waals surface area (Å²) in [6, 6.07) is 11.2. The summed E-state index contributed by atoms with van der Waals surface area (Å²) >= 11 is 0. The zero-order chi connectivity index (χ0) is 19.4. The van der Waals surface area contributed by atoms with E-state index in [1.165, 1.54) is 0 Å². The lowest BCUT2D eigenvalue weighted by atomic mass is 9.99. The first-order valence-electron chi connectivity index (χ1n) is 8.56. The zero-order valence-electron chi connectivity index (χ0n) is 14.8. The maximum atomic E-state index is 10.0. The minimum absolute atomic E-state index is 0.0183. The van der Waals surface area contributed by atoms with E-state index in [1.807, 2.05) is 37.3 Å². The first kappa shape index (κ1) is 19.6. The number of nitrogens with zero attached hydrogens (tertiary/aromatic N) is 2. The summed E-state index contributed by atoms with van der Waals surface area (Å²) in [5.41, 5.74) is 2.10. The van der Waals surface area contributed by atoms with Gasteiger partial charge in [0, 0.05) is 11.4 Å². The fraction of sp³-hybridized carbons (Fsp3) is 0.444. The molecule has 1 saturated heterocycles. The van der Waals surface area contributed by atoms with Gasteiger partial charge in [0.2, 0.25) is 5.95 Å². The van der Waals surface area contributed by atoms with Crippen molar-refractivity contribution in [1.29, 1.82) is 0 Å². The molecule has 1 aromatic heterocycles. The molecule has 1 aromatic carbocycles. The number of anilines is 2. The van der Waals surface area contributed by atoms with Crippen LogP contribution in [0.3, 0.4) is 0 Å². The van der Waals surface area contributed by atoms with Crippen LogP contribution in [-0.2, 0) is 16.1 Å². The van der Waals surface area contributed by atoms with Crippen LogP contribution in [0.1, 0.15) is 11.4 Å². The Labute approximate surface area is 156 Å². The van der Waals surface area contributed by atoms with Gasteiger partial charge in [0.25, 0.3) is 0 Å². The third kappa shape index (κ3) is 4.78. The maximum absolute atomic E-state index is 10.0. The number of para-hydroxylation sites is 1. The van der Waals surface area contributed by atoms with Crippen LogP contribution in [0, 0.1) is 6.92 Å². The molecule has 2 aromatic rings. The van der Waals surface area contributed by atoms with Gasteiger partial charge in [-0.2, -0.15) is 0 Å². The summed E-state index contributed by atoms with van der Waals surface area (Å²) in [7, 11) is 0. The van der Waals surface area contributed by atoms with E-state index < -0.39 is 37.3 Å². The molecule has 0 bridgehead atoms. The number of aliphatic hydroxyl groups excluding tert-OH is 4. The van der Waals surface area contributed by atoms with Gasteiger partial charge >= 0.3 is 0 Å². The van der Waals surface area contributed by atoms with E-state index in [4.69, 9.17) is 9.47 Å². The van der Waals surface area contributed by atoms with Gasteiger partial charge in [-0.1, -0.05) is 18.2 Å². The Bertz CT molecular complexity index is 745. The van der Waals surface area contributed by atoms with Crippen LogP contribution < -0.4 is 5.32 Å². The van der Waals surface area contributed by atoms with Crippen LogP contribution in [-0.4, -0.2) is 67.7 Å². The Kier molecular flexibility index (Phi) is 6.32. The fourth-order valence-corrected chi connectivity index (χ4v) is 2.79. The van der Waals surface area contributed by atoms with Crippen LogP contribution in [0.15, 0.2) is 36.4 Å². The minimum Gasteiger partial charge on any atom is -0.394 e. The molecule has 3 rings (SSSR count). The molecule has 5 atom stereocenters. The van der Waals surface area contributed by atoms with Gasteiger partial charge in [-0.3, -0.25) is 0 Å². The van der Waals surface area contributed by atoms with Gasteiger partial charge in [0.05, 0.1) is 18.9 Å². The first-order chi connectivity index (χ1) is 13.0. The van der Waals surface area contributed by atoms with Gasteiger partial charge < -0.3 is 35.2 Å². The molecule has 0 unspecified atom stereocenters. The van der Waals surface area contributed by atoms with Crippen LogP contribution in [0.2, 0.25) is 0 Å². The van der Waals surface area contributed by atoms with Crippen molar-refractivity contribution in [2.45, 2.75) is 44.2 Å². The molecule has 1 aliphatic rings. The number of aliphatic hydroxyl groups is 4. The molecule has 1 aliphatic heterocycles. The molecule has 27 heavy (non-hydrogen) atoms. The van der Waals surface area contributed by atoms with E-state index in [2.05, 4.69) is 15.3 Å². The second kappa shape index (κ2) is 8.70. The van der Waals surface area contributed by atoms with Crippen molar-refractivity contribution in [3.05, 3.63) is 47.8 Å². The minimum atomic E-state index is -1.48. The van der Waals surface area contributed by atoms with Crippen LogP contribution >= 0.6 is 0 Å². The van der Waals surface area contributed by atoms with Crippen molar-refractivity contribution in [2.75, 3.05) is 11.9 Å². The van der Waals surface area contributed by atoms with E-state index in [-0.39, 0.29) is 6.61 Å². The number of aryl methyl sites for hydroxylation is 1. The summed E-state index contributed by atoms with van der Waals surface area (Å²) in [5, 5.41) is 41.9. The molecule has 0 radical (unpaired) electrons. The number of benzene rings is 1. The lowest BCUT2D eigenvalue weighted by molar-refractivity contribution is -0.304. The van der Waals surface area contributed by atoms with Crippen molar-refractivity contribution >= 4 is 11.6 Å². The van der Waals surface area contributed by atoms with Crippen LogP contribution in [0.5, 0.6) is 0 Å². The molecule has 0 spiro atoms. The lowest BCUT2D eigenvalue weighted by Crippen LogP contribution is -2.59. The molecule has 146 valence electrons. The molecular formula is C18H23N3O6. The number of aromatic nitrogens is 2. The lowest BCUT2D eigenvalue weighted by Gasteiger charge is -2.39. The van der Waals surface area contributed by atoms with E-state index in [0.29, 0.717) is 11.6 Å². The standard InChI is InChI=1S/C18H23N3O6/c1-10-7-12(21-18(19-10)20-11-5-3-2-4-6-11)9-26-17-16(25)15(24)14(23)13(8-22)27-17/h2-7,13-17,22-25H,8-9H2,1H3,(H,19,20,21)/t13-,14-,15+,16-,17-/m1/s1. The Morgan fingerprint density at radius 2 is 1.81 bits per heavy atom. The van der Waals surface area contributed by atoms with E-state index in [0.717, 1.165) is 11.4 Å². The molecule has 0 amide bonds. The highest BCUT2D eigenvalue weighted by molar-refractivity contribution is 5.52. The average molecular weight is 377 g/mol. The normalized spacial score (nSPS) is 28.1. The Morgan fingerprint density at radius 1 is 1.07 bits per heavy atom. The second-order valence-electron chi connectivity index (χ2n) is 6.32. The quantitative estimate of drug-likeness (QED) is 0.465. The smallest absolute Gasteiger partial charge is 0.227 e. The molecule has 9 nitrogen and oxygen atoms in total. The molecule has 1 fully saturated rings. The highest BCUT2D eigenvalue weighted by Crippen LogP contribution is 2.23. The zero-order valence-corrected chi connectivity index (χ0v) is 14.8. The number of hydrogen-bond donors (Lipinski definition) is 5. The van der Waals surface area contributed by atoms with Gasteiger partial charge in [-0.25, -0.2) is 9.97 Å². The Hall–Kier alpha value is -2.14. The van der Waals surface area contributed by atoms with Crippen molar-refractivity contribution in [2.24, 2.45) is 0 Å². The van der Waals surface area contributed by atoms with Crippen LogP contribution in [0.4, 0.5) is 11.6 Å². The fourth-order valence-electron chi connectivity index (χ4n) is 2.79. The molecule has 0 saturated carbocycles. The third-order valence-corrected chi connectivity index (χ3v) is 4.18. The number of rotatable bonds is 6. The summed E-state index contributed by atoms with van der Waals surface area (Å²) in [4.78, 5) is 8.69. The highest BCUT2D eigenvalue weighted by Gasteiger charge is 2.44. The van der Waals surface area contributed by atoms with Crippen molar-refractivity contribution in [1.82, 2.24) is 9.97 Å². The van der Waals surface area contributed by atoms with E-state index in [1.54, 1.807) is 6.07 Å². The largest absolute Gasteiger partial charge is 0.394 e. The van der Waals surface area contributed by atoms with Gasteiger partial charge in [0.15, 0.2) is 6.29 Å². The molecule has 9 heteroatoms. The monoisotopic (exact) mass is 377 g/mol. The van der Waals surface area contributed by atoms with Gasteiger partial charge in [0.1, 0.15) is 24.4 Å². The summed E-state index contributed by atoms with van der Waals surface area (Å²) in [5.74, 6) is 0.397. The van der Waals surface area contributed by atoms with E-state index in [9.17, 15) is 20.4 Å². The SMILES string of the molecule is Cc1cc(CO[C@@H]2O[C@H](CO)[C@@H](O)[C@H](O)[C@H]2O)nc(Nc2ccccc2)n1. The number of ether oxygens (including phenoxy) is 2. The number of nitrogens with one attached hydrogen (secondary N) is 1. The Morgan fingerprint density at radius 3 is 2.52 bits per heavy atom. The molecule has 5 N–H and O–H groups in total. The highest BCUT2D eigenvalue weighted by atomic mass is 16.7. The van der Waals surface area contributed by atoms with Crippen molar-refractivity contribution < 1.29 is 29.9 Å². The summed E-state index contributed by atoms with van der Waals surface area (Å²) in [6.07, 6.45) is -6.58. The molecular weight excluding hydrogens is 354 g/mol. The van der Waals surface area contributed by atoms with Crippen molar-refractivity contribution in [3.63, 3.8) is 0 Å². The average Bonchev–Trinajstić information content (AvgIpc) is 2.66. The van der Waals surface area contributed by atoms with E-state index >= 15 is 0 Å². The van der Waals surface area contributed by atoms with Crippen molar-refractivity contribution in [3.8, 4) is 0 Å². The number of hydrogen-bond acceptors (Lipinski definition) is 9. The summed E-state index contributed by atoms with van der Waals surface area (Å²) < 4.78 is 10.8. The predicted octanol–water partition coefficient (Wildman–Crippen LogP) is -0.155. The second-order valence-corrected chi connectivity index (χ2v) is 6.32.